The maximum atomic E-state index is 13.6. The van der Waals surface area contributed by atoms with Crippen molar-refractivity contribution in [3.8, 4) is 23.0 Å². The van der Waals surface area contributed by atoms with Crippen molar-refractivity contribution in [1.82, 2.24) is 15.0 Å². The molecule has 0 bridgehead atoms. The number of hydrogen-bond donors (Lipinski definition) is 0. The highest BCUT2D eigenvalue weighted by Gasteiger charge is 2.20. The molecule has 1 amide bonds. The molecule has 32 heavy (non-hydrogen) atoms. The molecule has 170 valence electrons. The first-order valence-corrected chi connectivity index (χ1v) is 9.71. The van der Waals surface area contributed by atoms with Crippen LogP contribution in [-0.2, 0) is 13.0 Å². The van der Waals surface area contributed by atoms with Gasteiger partial charge in [-0.25, -0.2) is 4.39 Å². The monoisotopic (exact) mass is 445 g/mol. The molecule has 0 saturated heterocycles. The highest BCUT2D eigenvalue weighted by molar-refractivity contribution is 5.95. The molecule has 2 aromatic carbocycles. The lowest BCUT2D eigenvalue weighted by Crippen LogP contribution is -2.29. The van der Waals surface area contributed by atoms with Gasteiger partial charge in [-0.15, -0.1) is 0 Å². The van der Waals surface area contributed by atoms with Crippen molar-refractivity contribution in [3.63, 3.8) is 0 Å². The van der Waals surface area contributed by atoms with Crippen LogP contribution >= 0.6 is 0 Å². The van der Waals surface area contributed by atoms with E-state index in [2.05, 4.69) is 10.1 Å². The quantitative estimate of drug-likeness (QED) is 0.470. The molecule has 9 nitrogen and oxygen atoms in total. The van der Waals surface area contributed by atoms with E-state index in [1.165, 1.54) is 38.4 Å². The van der Waals surface area contributed by atoms with Gasteiger partial charge in [0, 0.05) is 25.6 Å². The van der Waals surface area contributed by atoms with Crippen LogP contribution in [0.2, 0.25) is 0 Å². The summed E-state index contributed by atoms with van der Waals surface area (Å²) in [6.07, 6.45) is 0.357. The Morgan fingerprint density at radius 1 is 1.06 bits per heavy atom. The van der Waals surface area contributed by atoms with Gasteiger partial charge in [0.1, 0.15) is 0 Å². The smallest absolute Gasteiger partial charge is 0.264 e. The van der Waals surface area contributed by atoms with Gasteiger partial charge in [-0.2, -0.15) is 4.98 Å². The van der Waals surface area contributed by atoms with Gasteiger partial charge in [-0.3, -0.25) is 4.79 Å². The van der Waals surface area contributed by atoms with Crippen LogP contribution in [0.4, 0.5) is 4.39 Å². The number of methoxy groups -OCH3 is 3. The van der Waals surface area contributed by atoms with Gasteiger partial charge in [0.05, 0.1) is 21.3 Å². The Balaban J connectivity index is 1.59. The SMILES string of the molecule is COc1cc(C(=O)N(C)CCc2noc(COc3ccccc3F)n2)cc(OC)c1OC. The van der Waals surface area contributed by atoms with Crippen LogP contribution in [0, 0.1) is 5.82 Å². The summed E-state index contributed by atoms with van der Waals surface area (Å²) in [6.45, 7) is 0.275. The number of halogens is 1. The average Bonchev–Trinajstić information content (AvgIpc) is 3.28. The van der Waals surface area contributed by atoms with Crippen LogP contribution in [0.25, 0.3) is 0 Å². The number of carbonyl (C=O) groups is 1. The second-order valence-electron chi connectivity index (χ2n) is 6.71. The third kappa shape index (κ3) is 5.26. The molecular weight excluding hydrogens is 421 g/mol. The van der Waals surface area contributed by atoms with Gasteiger partial charge in [0.2, 0.25) is 5.75 Å². The Hall–Kier alpha value is -3.82. The molecule has 3 rings (SSSR count). The zero-order valence-corrected chi connectivity index (χ0v) is 18.3. The van der Waals surface area contributed by atoms with Crippen molar-refractivity contribution in [2.24, 2.45) is 0 Å². The van der Waals surface area contributed by atoms with Crippen LogP contribution in [0.5, 0.6) is 23.0 Å². The normalized spacial score (nSPS) is 10.5. The number of benzene rings is 2. The predicted octanol–water partition coefficient (Wildman–Crippen LogP) is 3.13. The van der Waals surface area contributed by atoms with Crippen molar-refractivity contribution >= 4 is 5.91 Å². The fraction of sp³-hybridized carbons (Fsp3) is 0.318. The molecule has 10 heteroatoms. The van der Waals surface area contributed by atoms with Gasteiger partial charge >= 0.3 is 0 Å². The summed E-state index contributed by atoms with van der Waals surface area (Å²) in [7, 11) is 6.13. The Kier molecular flexibility index (Phi) is 7.48. The van der Waals surface area contributed by atoms with E-state index < -0.39 is 5.82 Å². The number of amides is 1. The first-order chi connectivity index (χ1) is 15.5. The van der Waals surface area contributed by atoms with Crippen molar-refractivity contribution in [2.45, 2.75) is 13.0 Å². The van der Waals surface area contributed by atoms with Crippen LogP contribution < -0.4 is 18.9 Å². The molecule has 0 N–H and O–H groups in total. The zero-order chi connectivity index (χ0) is 23.1. The zero-order valence-electron chi connectivity index (χ0n) is 18.3. The number of aromatic nitrogens is 2. The molecule has 0 spiro atoms. The number of likely N-dealkylation sites (N-methyl/N-ethyl adjacent to an activating group) is 1. The Bertz CT molecular complexity index is 1050. The van der Waals surface area contributed by atoms with Crippen LogP contribution in [0.3, 0.4) is 0 Å². The first kappa shape index (κ1) is 22.9. The van der Waals surface area contributed by atoms with Crippen LogP contribution in [0.1, 0.15) is 22.1 Å². The van der Waals surface area contributed by atoms with E-state index in [0.717, 1.165) is 0 Å². The Morgan fingerprint density at radius 3 is 2.38 bits per heavy atom. The second kappa shape index (κ2) is 10.5. The molecule has 0 fully saturated rings. The average molecular weight is 445 g/mol. The van der Waals surface area contributed by atoms with Crippen LogP contribution in [-0.4, -0.2) is 55.9 Å². The van der Waals surface area contributed by atoms with Gasteiger partial charge in [0.25, 0.3) is 11.8 Å². The summed E-state index contributed by atoms with van der Waals surface area (Å²) in [5.74, 6) is 1.19. The Labute approximate surface area is 184 Å². The topological polar surface area (TPSA) is 96.2 Å². The van der Waals surface area contributed by atoms with Gasteiger partial charge < -0.3 is 28.4 Å². The summed E-state index contributed by atoms with van der Waals surface area (Å²) < 4.78 is 40.0. The van der Waals surface area contributed by atoms with Gasteiger partial charge in [-0.1, -0.05) is 17.3 Å². The fourth-order valence-electron chi connectivity index (χ4n) is 2.95. The fourth-order valence-corrected chi connectivity index (χ4v) is 2.95. The highest BCUT2D eigenvalue weighted by atomic mass is 19.1. The highest BCUT2D eigenvalue weighted by Crippen LogP contribution is 2.38. The van der Waals surface area contributed by atoms with Crippen molar-refractivity contribution in [2.75, 3.05) is 34.9 Å². The molecule has 0 radical (unpaired) electrons. The number of nitrogens with zero attached hydrogens (tertiary/aromatic N) is 3. The van der Waals surface area contributed by atoms with E-state index in [9.17, 15) is 9.18 Å². The number of carbonyl (C=O) groups excluding carboxylic acids is 1. The lowest BCUT2D eigenvalue weighted by Gasteiger charge is -2.18. The first-order valence-electron chi connectivity index (χ1n) is 9.71. The Morgan fingerprint density at radius 2 is 1.75 bits per heavy atom. The predicted molar refractivity (Wildman–Crippen MR) is 112 cm³/mol. The number of para-hydroxylation sites is 1. The second-order valence-corrected chi connectivity index (χ2v) is 6.71. The van der Waals surface area contributed by atoms with E-state index in [-0.39, 0.29) is 24.2 Å². The van der Waals surface area contributed by atoms with Crippen molar-refractivity contribution in [1.29, 1.82) is 0 Å². The molecule has 0 unspecified atom stereocenters. The number of rotatable bonds is 10. The summed E-state index contributed by atoms with van der Waals surface area (Å²) in [5, 5.41) is 3.88. The van der Waals surface area contributed by atoms with E-state index in [4.69, 9.17) is 23.5 Å². The van der Waals surface area contributed by atoms with Gasteiger partial charge in [-0.05, 0) is 24.3 Å². The minimum Gasteiger partial charge on any atom is -0.493 e. The third-order valence-corrected chi connectivity index (χ3v) is 4.63. The molecule has 0 aliphatic carbocycles. The molecule has 0 saturated carbocycles. The number of ether oxygens (including phenoxy) is 4. The lowest BCUT2D eigenvalue weighted by molar-refractivity contribution is 0.0795. The molecule has 0 aliphatic rings. The van der Waals surface area contributed by atoms with E-state index in [1.807, 2.05) is 0 Å². The van der Waals surface area contributed by atoms with E-state index in [0.29, 0.717) is 41.6 Å². The van der Waals surface area contributed by atoms with Crippen molar-refractivity contribution < 1.29 is 32.7 Å². The lowest BCUT2D eigenvalue weighted by atomic mass is 10.1. The summed E-state index contributed by atoms with van der Waals surface area (Å²) in [5.41, 5.74) is 0.383. The molecule has 1 aromatic heterocycles. The van der Waals surface area contributed by atoms with Gasteiger partial charge in [0.15, 0.2) is 35.5 Å². The minimum atomic E-state index is -0.473. The van der Waals surface area contributed by atoms with Crippen LogP contribution in [0.15, 0.2) is 40.9 Å². The standard InChI is InChI=1S/C22H24FN3O6/c1-26(22(27)14-11-17(28-2)21(30-4)18(12-14)29-3)10-9-19-24-20(32-25-19)13-31-16-8-6-5-7-15(16)23/h5-8,11-12H,9-10,13H2,1-4H3. The third-order valence-electron chi connectivity index (χ3n) is 4.63. The summed E-state index contributed by atoms with van der Waals surface area (Å²) >= 11 is 0. The molecule has 0 atom stereocenters. The van der Waals surface area contributed by atoms with E-state index >= 15 is 0 Å². The summed E-state index contributed by atoms with van der Waals surface area (Å²) in [6, 6.07) is 9.23. The molecule has 0 aliphatic heterocycles. The van der Waals surface area contributed by atoms with E-state index in [1.54, 1.807) is 31.3 Å². The molecule has 3 aromatic rings. The maximum Gasteiger partial charge on any atom is 0.264 e. The van der Waals surface area contributed by atoms with Crippen molar-refractivity contribution in [3.05, 3.63) is 59.5 Å². The number of hydrogen-bond acceptors (Lipinski definition) is 8. The maximum absolute atomic E-state index is 13.6. The largest absolute Gasteiger partial charge is 0.493 e. The minimum absolute atomic E-state index is 0.0614. The summed E-state index contributed by atoms with van der Waals surface area (Å²) in [4.78, 5) is 18.6. The molecule has 1 heterocycles. The molecular formula is C22H24FN3O6.